The van der Waals surface area contributed by atoms with Gasteiger partial charge in [-0.1, -0.05) is 23.7 Å². The van der Waals surface area contributed by atoms with Crippen LogP contribution in [0.4, 0.5) is 0 Å². The Hall–Kier alpha value is -1.72. The third kappa shape index (κ3) is 2.71. The highest BCUT2D eigenvalue weighted by Gasteiger charge is 2.17. The maximum atomic E-state index is 6.30. The molecule has 1 N–H and O–H groups in total. The maximum Gasteiger partial charge on any atom is 0.231 e. The van der Waals surface area contributed by atoms with Gasteiger partial charge in [-0.25, -0.2) is 0 Å². The summed E-state index contributed by atoms with van der Waals surface area (Å²) in [6, 6.07) is 5.92. The topological polar surface area (TPSA) is 48.3 Å². The van der Waals surface area contributed by atoms with Crippen LogP contribution in [0, 0.1) is 6.92 Å². The van der Waals surface area contributed by atoms with Crippen molar-refractivity contribution in [2.45, 2.75) is 33.5 Å². The van der Waals surface area contributed by atoms with E-state index in [0.29, 0.717) is 19.9 Å². The quantitative estimate of drug-likeness (QED) is 0.923. The van der Waals surface area contributed by atoms with Gasteiger partial charge >= 0.3 is 0 Å². The first-order chi connectivity index (χ1) is 10.2. The molecule has 0 saturated heterocycles. The number of aromatic nitrogens is 2. The zero-order valence-electron chi connectivity index (χ0n) is 12.1. The molecule has 0 radical (unpaired) electrons. The van der Waals surface area contributed by atoms with Crippen LogP contribution in [-0.2, 0) is 19.6 Å². The predicted molar refractivity (Wildman–Crippen MR) is 80.8 cm³/mol. The molecule has 0 bridgehead atoms. The van der Waals surface area contributed by atoms with E-state index in [1.807, 2.05) is 29.8 Å². The highest BCUT2D eigenvalue weighted by atomic mass is 35.5. The number of nitrogens with one attached hydrogen (secondary N) is 1. The van der Waals surface area contributed by atoms with E-state index < -0.39 is 0 Å². The molecule has 1 aliphatic rings. The molecule has 5 nitrogen and oxygen atoms in total. The Kier molecular flexibility index (Phi) is 4.03. The minimum Gasteiger partial charge on any atom is -0.454 e. The standard InChI is InChI=1S/C15H18ClN3O2/c1-3-19-12(14(16)10(2)18-19)8-17-7-11-5-4-6-13-15(11)21-9-20-13/h4-6,17H,3,7-9H2,1-2H3. The molecule has 0 amide bonds. The number of hydrogen-bond acceptors (Lipinski definition) is 4. The average molecular weight is 308 g/mol. The first kappa shape index (κ1) is 14.2. The lowest BCUT2D eigenvalue weighted by atomic mass is 10.2. The lowest BCUT2D eigenvalue weighted by molar-refractivity contribution is 0.173. The number of benzene rings is 1. The first-order valence-electron chi connectivity index (χ1n) is 7.00. The number of fused-ring (bicyclic) bond motifs is 1. The van der Waals surface area contributed by atoms with Crippen LogP contribution < -0.4 is 14.8 Å². The summed E-state index contributed by atoms with van der Waals surface area (Å²) < 4.78 is 12.8. The molecule has 1 aromatic heterocycles. The number of nitrogens with zero attached hydrogens (tertiary/aromatic N) is 2. The molecule has 0 unspecified atom stereocenters. The third-order valence-electron chi connectivity index (χ3n) is 3.54. The van der Waals surface area contributed by atoms with Crippen LogP contribution in [0.1, 0.15) is 23.9 Å². The van der Waals surface area contributed by atoms with E-state index in [1.54, 1.807) is 0 Å². The molecule has 0 saturated carbocycles. The molecule has 2 heterocycles. The summed E-state index contributed by atoms with van der Waals surface area (Å²) in [5.74, 6) is 1.64. The second kappa shape index (κ2) is 5.95. The van der Waals surface area contributed by atoms with Crippen LogP contribution in [0.5, 0.6) is 11.5 Å². The summed E-state index contributed by atoms with van der Waals surface area (Å²) in [6.07, 6.45) is 0. The fourth-order valence-electron chi connectivity index (χ4n) is 2.48. The van der Waals surface area contributed by atoms with Crippen molar-refractivity contribution >= 4 is 11.6 Å². The van der Waals surface area contributed by atoms with Crippen molar-refractivity contribution in [3.05, 3.63) is 40.2 Å². The molecule has 3 rings (SSSR count). The summed E-state index contributed by atoms with van der Waals surface area (Å²) in [7, 11) is 0. The Balaban J connectivity index is 1.69. The Bertz CT molecular complexity index is 655. The first-order valence-corrected chi connectivity index (χ1v) is 7.38. The summed E-state index contributed by atoms with van der Waals surface area (Å²) in [4.78, 5) is 0. The van der Waals surface area contributed by atoms with Gasteiger partial charge in [-0.2, -0.15) is 5.10 Å². The number of hydrogen-bond donors (Lipinski definition) is 1. The van der Waals surface area contributed by atoms with E-state index in [2.05, 4.69) is 17.3 Å². The fourth-order valence-corrected chi connectivity index (χ4v) is 2.69. The van der Waals surface area contributed by atoms with Crippen molar-refractivity contribution in [2.75, 3.05) is 6.79 Å². The zero-order valence-corrected chi connectivity index (χ0v) is 12.9. The van der Waals surface area contributed by atoms with Gasteiger partial charge in [0.2, 0.25) is 6.79 Å². The monoisotopic (exact) mass is 307 g/mol. The van der Waals surface area contributed by atoms with E-state index in [9.17, 15) is 0 Å². The van der Waals surface area contributed by atoms with Crippen molar-refractivity contribution in [1.29, 1.82) is 0 Å². The molecule has 0 atom stereocenters. The minimum atomic E-state index is 0.292. The normalized spacial score (nSPS) is 12.9. The highest BCUT2D eigenvalue weighted by Crippen LogP contribution is 2.35. The van der Waals surface area contributed by atoms with E-state index in [0.717, 1.165) is 40.0 Å². The van der Waals surface area contributed by atoms with Gasteiger partial charge in [-0.05, 0) is 19.9 Å². The predicted octanol–water partition coefficient (Wildman–Crippen LogP) is 2.88. The summed E-state index contributed by atoms with van der Waals surface area (Å²) in [5, 5.41) is 8.55. The van der Waals surface area contributed by atoms with Crippen molar-refractivity contribution < 1.29 is 9.47 Å². The van der Waals surface area contributed by atoms with Gasteiger partial charge in [-0.3, -0.25) is 4.68 Å². The van der Waals surface area contributed by atoms with Gasteiger partial charge in [0.1, 0.15) is 0 Å². The Morgan fingerprint density at radius 3 is 3.00 bits per heavy atom. The molecule has 1 aliphatic heterocycles. The van der Waals surface area contributed by atoms with E-state index in [4.69, 9.17) is 21.1 Å². The van der Waals surface area contributed by atoms with Crippen molar-refractivity contribution in [3.63, 3.8) is 0 Å². The van der Waals surface area contributed by atoms with E-state index in [1.165, 1.54) is 0 Å². The van der Waals surface area contributed by atoms with Gasteiger partial charge < -0.3 is 14.8 Å². The Labute approximate surface area is 128 Å². The summed E-state index contributed by atoms with van der Waals surface area (Å²) >= 11 is 6.30. The van der Waals surface area contributed by atoms with E-state index in [-0.39, 0.29) is 0 Å². The second-order valence-corrected chi connectivity index (χ2v) is 5.29. The molecule has 2 aromatic rings. The van der Waals surface area contributed by atoms with Crippen LogP contribution >= 0.6 is 11.6 Å². The molecular weight excluding hydrogens is 290 g/mol. The number of para-hydroxylation sites is 1. The number of rotatable bonds is 5. The van der Waals surface area contributed by atoms with Crippen LogP contribution in [-0.4, -0.2) is 16.6 Å². The van der Waals surface area contributed by atoms with Crippen molar-refractivity contribution in [3.8, 4) is 11.5 Å². The van der Waals surface area contributed by atoms with Crippen LogP contribution in [0.15, 0.2) is 18.2 Å². The largest absolute Gasteiger partial charge is 0.454 e. The molecular formula is C15H18ClN3O2. The highest BCUT2D eigenvalue weighted by molar-refractivity contribution is 6.31. The van der Waals surface area contributed by atoms with Gasteiger partial charge in [0.15, 0.2) is 11.5 Å². The lowest BCUT2D eigenvalue weighted by Gasteiger charge is -2.09. The molecule has 21 heavy (non-hydrogen) atoms. The average Bonchev–Trinajstić information content (AvgIpc) is 3.07. The minimum absolute atomic E-state index is 0.292. The van der Waals surface area contributed by atoms with Gasteiger partial charge in [0, 0.05) is 25.2 Å². The fraction of sp³-hybridized carbons (Fsp3) is 0.400. The Morgan fingerprint density at radius 1 is 1.33 bits per heavy atom. The van der Waals surface area contributed by atoms with E-state index >= 15 is 0 Å². The van der Waals surface area contributed by atoms with Crippen LogP contribution in [0.2, 0.25) is 5.02 Å². The third-order valence-corrected chi connectivity index (χ3v) is 4.03. The van der Waals surface area contributed by atoms with Gasteiger partial charge in [0.05, 0.1) is 16.4 Å². The second-order valence-electron chi connectivity index (χ2n) is 4.92. The number of ether oxygens (including phenoxy) is 2. The van der Waals surface area contributed by atoms with Crippen LogP contribution in [0.25, 0.3) is 0 Å². The summed E-state index contributed by atoms with van der Waals surface area (Å²) in [6.45, 7) is 6.44. The molecule has 112 valence electrons. The Morgan fingerprint density at radius 2 is 2.19 bits per heavy atom. The van der Waals surface area contributed by atoms with Crippen LogP contribution in [0.3, 0.4) is 0 Å². The smallest absolute Gasteiger partial charge is 0.231 e. The van der Waals surface area contributed by atoms with Crippen molar-refractivity contribution in [1.82, 2.24) is 15.1 Å². The molecule has 6 heteroatoms. The van der Waals surface area contributed by atoms with Gasteiger partial charge in [-0.15, -0.1) is 0 Å². The number of aryl methyl sites for hydroxylation is 2. The summed E-state index contributed by atoms with van der Waals surface area (Å²) in [5.41, 5.74) is 2.97. The SMILES string of the molecule is CCn1nc(C)c(Cl)c1CNCc1cccc2c1OCO2. The lowest BCUT2D eigenvalue weighted by Crippen LogP contribution is -2.16. The maximum absolute atomic E-state index is 6.30. The molecule has 0 fully saturated rings. The van der Waals surface area contributed by atoms with Gasteiger partial charge in [0.25, 0.3) is 0 Å². The molecule has 1 aromatic carbocycles. The van der Waals surface area contributed by atoms with Crippen molar-refractivity contribution in [2.24, 2.45) is 0 Å². The molecule has 0 aliphatic carbocycles. The number of halogens is 1. The zero-order chi connectivity index (χ0) is 14.8. The molecule has 0 spiro atoms.